The van der Waals surface area contributed by atoms with Crippen molar-refractivity contribution < 1.29 is 18.4 Å². The lowest BCUT2D eigenvalue weighted by Crippen LogP contribution is -2.52. The third-order valence-corrected chi connectivity index (χ3v) is 10.7. The third-order valence-electron chi connectivity index (χ3n) is 6.21. The van der Waals surface area contributed by atoms with Gasteiger partial charge in [-0.2, -0.15) is 5.06 Å². The summed E-state index contributed by atoms with van der Waals surface area (Å²) in [5.41, 5.74) is -0.399. The van der Waals surface area contributed by atoms with Gasteiger partial charge in [0.2, 0.25) is 0 Å². The molecular weight excluding hydrogens is 373 g/mol. The summed E-state index contributed by atoms with van der Waals surface area (Å²) >= 11 is 0. The maximum Gasteiger partial charge on any atom is 0.192 e. The first kappa shape index (κ1) is 23.5. The van der Waals surface area contributed by atoms with Crippen molar-refractivity contribution in [2.75, 3.05) is 13.2 Å². The number of hydrogen-bond acceptors (Lipinski definition) is 4. The predicted molar refractivity (Wildman–Crippen MR) is 114 cm³/mol. The summed E-state index contributed by atoms with van der Waals surface area (Å²) in [7, 11) is -2.04. The predicted octanol–water partition coefficient (Wildman–Crippen LogP) is 5.70. The van der Waals surface area contributed by atoms with Crippen molar-refractivity contribution in [2.24, 2.45) is 0 Å². The summed E-state index contributed by atoms with van der Waals surface area (Å²) in [6.45, 7) is 15.9. The monoisotopic (exact) mass is 411 g/mol. The Bertz CT molecular complexity index is 608. The van der Waals surface area contributed by atoms with E-state index in [2.05, 4.69) is 33.9 Å². The molecule has 160 valence electrons. The van der Waals surface area contributed by atoms with Gasteiger partial charge >= 0.3 is 0 Å². The maximum absolute atomic E-state index is 16.2. The number of nitrogens with zero attached hydrogens (tertiary/aromatic N) is 1. The number of benzene rings is 1. The van der Waals surface area contributed by atoms with Gasteiger partial charge in [0.1, 0.15) is 0 Å². The molecule has 1 fully saturated rings. The van der Waals surface area contributed by atoms with Crippen LogP contribution in [0.4, 0.5) is 4.39 Å². The van der Waals surface area contributed by atoms with Crippen molar-refractivity contribution in [1.82, 2.24) is 5.06 Å². The van der Waals surface area contributed by atoms with E-state index in [-0.39, 0.29) is 11.6 Å². The smallest absolute Gasteiger partial charge is 0.192 e. The SMILES string of the molecule is CCOC1C[C@H]([C@](F)(CC)CO[Si](C)(C)C(C)(C)C)N(Cc2ccccc2)O1. The molecule has 0 radical (unpaired) electrons. The van der Waals surface area contributed by atoms with Gasteiger partial charge in [0, 0.05) is 19.6 Å². The lowest BCUT2D eigenvalue weighted by Gasteiger charge is -2.41. The molecule has 0 spiro atoms. The zero-order valence-electron chi connectivity index (χ0n) is 18.6. The molecule has 28 heavy (non-hydrogen) atoms. The summed E-state index contributed by atoms with van der Waals surface area (Å²) in [6, 6.07) is 9.62. The Kier molecular flexibility index (Phi) is 7.84. The summed E-state index contributed by atoms with van der Waals surface area (Å²) in [5.74, 6) is 0. The Balaban J connectivity index is 2.18. The van der Waals surface area contributed by atoms with Crippen LogP contribution in [0.2, 0.25) is 18.1 Å². The molecule has 1 unspecified atom stereocenters. The third kappa shape index (κ3) is 5.63. The van der Waals surface area contributed by atoms with Crippen molar-refractivity contribution in [3.63, 3.8) is 0 Å². The van der Waals surface area contributed by atoms with Gasteiger partial charge in [-0.25, -0.2) is 4.39 Å². The molecule has 1 saturated heterocycles. The van der Waals surface area contributed by atoms with E-state index in [0.29, 0.717) is 26.0 Å². The van der Waals surface area contributed by atoms with Crippen molar-refractivity contribution >= 4 is 8.32 Å². The van der Waals surface area contributed by atoms with Crippen LogP contribution in [0.5, 0.6) is 0 Å². The van der Waals surface area contributed by atoms with Gasteiger partial charge in [-0.3, -0.25) is 4.84 Å². The number of ether oxygens (including phenoxy) is 1. The van der Waals surface area contributed by atoms with E-state index in [1.807, 2.05) is 44.2 Å². The van der Waals surface area contributed by atoms with Crippen LogP contribution in [-0.2, 0) is 20.5 Å². The van der Waals surface area contributed by atoms with Crippen molar-refractivity contribution in [2.45, 2.75) is 90.1 Å². The van der Waals surface area contributed by atoms with Gasteiger partial charge in [0.15, 0.2) is 20.3 Å². The molecule has 0 bridgehead atoms. The summed E-state index contributed by atoms with van der Waals surface area (Å²) in [5, 5.41) is 1.82. The number of hydrogen-bond donors (Lipinski definition) is 0. The minimum Gasteiger partial charge on any atom is -0.414 e. The fraction of sp³-hybridized carbons (Fsp3) is 0.727. The summed E-state index contributed by atoms with van der Waals surface area (Å²) < 4.78 is 28.2. The minimum absolute atomic E-state index is 0.0470. The van der Waals surface area contributed by atoms with E-state index in [0.717, 1.165) is 5.56 Å². The van der Waals surface area contributed by atoms with Crippen LogP contribution in [0, 0.1) is 0 Å². The highest BCUT2D eigenvalue weighted by Crippen LogP contribution is 2.40. The van der Waals surface area contributed by atoms with Gasteiger partial charge in [-0.05, 0) is 37.0 Å². The fourth-order valence-electron chi connectivity index (χ4n) is 3.18. The number of alkyl halides is 1. The Morgan fingerprint density at radius 3 is 2.36 bits per heavy atom. The summed E-state index contributed by atoms with van der Waals surface area (Å²) in [6.07, 6.45) is 0.472. The molecule has 0 amide bonds. The van der Waals surface area contributed by atoms with Crippen molar-refractivity contribution in [1.29, 1.82) is 0 Å². The molecule has 1 aliphatic rings. The minimum atomic E-state index is -2.04. The second-order valence-electron chi connectivity index (χ2n) is 9.24. The van der Waals surface area contributed by atoms with Crippen LogP contribution < -0.4 is 0 Å². The molecule has 4 nitrogen and oxygen atoms in total. The van der Waals surface area contributed by atoms with Crippen LogP contribution in [0.15, 0.2) is 30.3 Å². The molecule has 0 aliphatic carbocycles. The highest BCUT2D eigenvalue weighted by atomic mass is 28.4. The molecule has 1 heterocycles. The van der Waals surface area contributed by atoms with E-state index in [1.54, 1.807) is 5.06 Å². The highest BCUT2D eigenvalue weighted by Gasteiger charge is 2.50. The average Bonchev–Trinajstić information content (AvgIpc) is 3.03. The van der Waals surface area contributed by atoms with Gasteiger partial charge in [-0.1, -0.05) is 58.0 Å². The normalized spacial score (nSPS) is 23.7. The summed E-state index contributed by atoms with van der Waals surface area (Å²) in [4.78, 5) is 5.99. The lowest BCUT2D eigenvalue weighted by atomic mass is 9.91. The standard InChI is InChI=1S/C22H38FNO3Si/c1-8-22(23,17-26-28(6,7)21(3,4)5)19-15-20(25-9-2)27-24(19)16-18-13-11-10-12-14-18/h10-14,19-20H,8-9,15-17H2,1-7H3/t19-,20?,22+/m1/s1. The topological polar surface area (TPSA) is 30.9 Å². The molecule has 0 aromatic heterocycles. The maximum atomic E-state index is 16.2. The first-order valence-electron chi connectivity index (χ1n) is 10.4. The fourth-order valence-corrected chi connectivity index (χ4v) is 4.22. The average molecular weight is 412 g/mol. The van der Waals surface area contributed by atoms with Crippen LogP contribution in [0.1, 0.15) is 53.0 Å². The highest BCUT2D eigenvalue weighted by molar-refractivity contribution is 6.74. The van der Waals surface area contributed by atoms with Gasteiger partial charge < -0.3 is 9.16 Å². The lowest BCUT2D eigenvalue weighted by molar-refractivity contribution is -0.252. The zero-order valence-corrected chi connectivity index (χ0v) is 19.6. The molecule has 1 aromatic carbocycles. The van der Waals surface area contributed by atoms with Crippen LogP contribution in [0.3, 0.4) is 0 Å². The molecule has 2 rings (SSSR count). The number of rotatable bonds is 9. The zero-order chi connectivity index (χ0) is 21.0. The van der Waals surface area contributed by atoms with E-state index in [4.69, 9.17) is 14.0 Å². The Morgan fingerprint density at radius 1 is 1.18 bits per heavy atom. The van der Waals surface area contributed by atoms with Gasteiger partial charge in [0.25, 0.3) is 0 Å². The molecule has 0 saturated carbocycles. The first-order chi connectivity index (χ1) is 13.0. The van der Waals surface area contributed by atoms with Gasteiger partial charge in [-0.15, -0.1) is 0 Å². The van der Waals surface area contributed by atoms with Crippen molar-refractivity contribution in [3.8, 4) is 0 Å². The molecule has 6 heteroatoms. The Labute approximate surface area is 171 Å². The second-order valence-corrected chi connectivity index (χ2v) is 14.0. The molecular formula is C22H38FNO3Si. The Hall–Kier alpha value is -0.793. The molecule has 1 aliphatic heterocycles. The van der Waals surface area contributed by atoms with E-state index in [1.165, 1.54) is 0 Å². The second kappa shape index (κ2) is 9.35. The first-order valence-corrected chi connectivity index (χ1v) is 13.3. The van der Waals surface area contributed by atoms with E-state index in [9.17, 15) is 0 Å². The largest absolute Gasteiger partial charge is 0.414 e. The van der Waals surface area contributed by atoms with Crippen molar-refractivity contribution in [3.05, 3.63) is 35.9 Å². The van der Waals surface area contributed by atoms with Crippen LogP contribution in [0.25, 0.3) is 0 Å². The van der Waals surface area contributed by atoms with Crippen LogP contribution in [-0.4, -0.2) is 44.6 Å². The number of halogens is 1. The van der Waals surface area contributed by atoms with E-state index < -0.39 is 26.3 Å². The van der Waals surface area contributed by atoms with E-state index >= 15 is 4.39 Å². The molecule has 0 N–H and O–H groups in total. The van der Waals surface area contributed by atoms with Gasteiger partial charge in [0.05, 0.1) is 12.6 Å². The number of hydroxylamine groups is 2. The Morgan fingerprint density at radius 2 is 1.82 bits per heavy atom. The molecule has 3 atom stereocenters. The van der Waals surface area contributed by atoms with Crippen LogP contribution >= 0.6 is 0 Å². The quantitative estimate of drug-likeness (QED) is 0.488. The molecule has 1 aromatic rings.